The van der Waals surface area contributed by atoms with E-state index in [0.29, 0.717) is 18.3 Å². The van der Waals surface area contributed by atoms with Gasteiger partial charge in [0, 0.05) is 16.5 Å². The standard InChI is InChI=1S/C27H27ClN6/c1-17(2)14-19-8-10-20(11-9-19)18(3)27-29-24-15-21(26-30-32-33-31-26)12-13-25(24)34(27)16-22-6-4-5-7-23(22)28/h4-13,15,17-18H,14,16H2,1-3H3,(H,30,31,32,33). The predicted octanol–water partition coefficient (Wildman–Crippen LogP) is 6.27. The lowest BCUT2D eigenvalue weighted by atomic mass is 9.96. The Morgan fingerprint density at radius 3 is 2.47 bits per heavy atom. The third-order valence-corrected chi connectivity index (χ3v) is 6.55. The van der Waals surface area contributed by atoms with Gasteiger partial charge >= 0.3 is 0 Å². The van der Waals surface area contributed by atoms with Crippen molar-refractivity contribution in [1.29, 1.82) is 0 Å². The normalized spacial score (nSPS) is 12.5. The Hall–Kier alpha value is -3.51. The number of H-pyrrole nitrogens is 1. The maximum atomic E-state index is 6.53. The van der Waals surface area contributed by atoms with E-state index in [1.165, 1.54) is 11.1 Å². The summed E-state index contributed by atoms with van der Waals surface area (Å²) < 4.78 is 2.27. The van der Waals surface area contributed by atoms with Crippen LogP contribution in [0.3, 0.4) is 0 Å². The van der Waals surface area contributed by atoms with Crippen LogP contribution >= 0.6 is 11.6 Å². The molecule has 1 N–H and O–H groups in total. The van der Waals surface area contributed by atoms with Crippen LogP contribution in [0.25, 0.3) is 22.4 Å². The zero-order valence-corrected chi connectivity index (χ0v) is 20.3. The van der Waals surface area contributed by atoms with Crippen molar-refractivity contribution in [2.45, 2.75) is 39.7 Å². The molecule has 1 atom stereocenters. The predicted molar refractivity (Wildman–Crippen MR) is 136 cm³/mol. The summed E-state index contributed by atoms with van der Waals surface area (Å²) in [6.45, 7) is 7.34. The monoisotopic (exact) mass is 470 g/mol. The average molecular weight is 471 g/mol. The SMILES string of the molecule is CC(C)Cc1ccc(C(C)c2nc3cc(-c4nn[nH]n4)ccc3n2Cc2ccccc2Cl)cc1. The van der Waals surface area contributed by atoms with E-state index in [-0.39, 0.29) is 5.92 Å². The van der Waals surface area contributed by atoms with Crippen LogP contribution in [0, 0.1) is 5.92 Å². The van der Waals surface area contributed by atoms with Crippen molar-refractivity contribution >= 4 is 22.6 Å². The number of nitrogens with one attached hydrogen (secondary N) is 1. The van der Waals surface area contributed by atoms with Gasteiger partial charge in [-0.2, -0.15) is 5.21 Å². The first-order valence-corrected chi connectivity index (χ1v) is 11.9. The van der Waals surface area contributed by atoms with Crippen molar-refractivity contribution in [3.63, 3.8) is 0 Å². The van der Waals surface area contributed by atoms with Crippen molar-refractivity contribution in [3.8, 4) is 11.4 Å². The molecule has 6 nitrogen and oxygen atoms in total. The molecule has 34 heavy (non-hydrogen) atoms. The van der Waals surface area contributed by atoms with Gasteiger partial charge in [0.2, 0.25) is 5.82 Å². The topological polar surface area (TPSA) is 72.3 Å². The largest absolute Gasteiger partial charge is 0.323 e. The zero-order chi connectivity index (χ0) is 23.7. The number of nitrogens with zero attached hydrogens (tertiary/aromatic N) is 5. The van der Waals surface area contributed by atoms with Crippen molar-refractivity contribution in [3.05, 3.63) is 94.3 Å². The molecular weight excluding hydrogens is 444 g/mol. The molecule has 0 saturated carbocycles. The number of halogens is 1. The highest BCUT2D eigenvalue weighted by molar-refractivity contribution is 6.31. The van der Waals surface area contributed by atoms with Gasteiger partial charge in [0.1, 0.15) is 5.82 Å². The van der Waals surface area contributed by atoms with Gasteiger partial charge < -0.3 is 4.57 Å². The molecule has 0 bridgehead atoms. The second kappa shape index (κ2) is 9.39. The Morgan fingerprint density at radius 1 is 0.971 bits per heavy atom. The molecule has 5 rings (SSSR count). The Labute approximate surface area is 204 Å². The molecule has 0 amide bonds. The van der Waals surface area contributed by atoms with Crippen molar-refractivity contribution in [1.82, 2.24) is 30.2 Å². The molecule has 2 aromatic heterocycles. The fourth-order valence-corrected chi connectivity index (χ4v) is 4.62. The number of hydrogen-bond donors (Lipinski definition) is 1. The number of imidazole rings is 1. The van der Waals surface area contributed by atoms with E-state index in [1.807, 2.05) is 30.3 Å². The second-order valence-corrected chi connectivity index (χ2v) is 9.55. The highest BCUT2D eigenvalue weighted by Crippen LogP contribution is 2.31. The molecule has 2 heterocycles. The highest BCUT2D eigenvalue weighted by atomic mass is 35.5. The summed E-state index contributed by atoms with van der Waals surface area (Å²) in [6, 6.07) is 23.0. The fourth-order valence-electron chi connectivity index (χ4n) is 4.43. The molecule has 0 spiro atoms. The minimum atomic E-state index is 0.108. The van der Waals surface area contributed by atoms with Gasteiger partial charge in [0.05, 0.1) is 17.6 Å². The van der Waals surface area contributed by atoms with Crippen molar-refractivity contribution in [2.24, 2.45) is 5.92 Å². The van der Waals surface area contributed by atoms with Crippen LogP contribution in [0.15, 0.2) is 66.7 Å². The fraction of sp³-hybridized carbons (Fsp3) is 0.259. The van der Waals surface area contributed by atoms with Gasteiger partial charge in [-0.15, -0.1) is 10.2 Å². The summed E-state index contributed by atoms with van der Waals surface area (Å²) in [4.78, 5) is 5.09. The van der Waals surface area contributed by atoms with E-state index in [0.717, 1.165) is 39.4 Å². The van der Waals surface area contributed by atoms with Gasteiger partial charge in [0.25, 0.3) is 0 Å². The van der Waals surface area contributed by atoms with Crippen LogP contribution in [0.2, 0.25) is 5.02 Å². The molecule has 1 unspecified atom stereocenters. The van der Waals surface area contributed by atoms with E-state index in [2.05, 4.69) is 82.4 Å². The number of aromatic nitrogens is 6. The lowest BCUT2D eigenvalue weighted by Crippen LogP contribution is -2.10. The molecule has 0 aliphatic rings. The third kappa shape index (κ3) is 4.46. The van der Waals surface area contributed by atoms with Crippen LogP contribution in [-0.4, -0.2) is 30.2 Å². The van der Waals surface area contributed by atoms with E-state index in [4.69, 9.17) is 16.6 Å². The minimum absolute atomic E-state index is 0.108. The number of hydrogen-bond acceptors (Lipinski definition) is 4. The molecule has 3 aromatic carbocycles. The smallest absolute Gasteiger partial charge is 0.204 e. The second-order valence-electron chi connectivity index (χ2n) is 9.15. The van der Waals surface area contributed by atoms with Crippen LogP contribution in [-0.2, 0) is 13.0 Å². The maximum absolute atomic E-state index is 6.53. The van der Waals surface area contributed by atoms with Crippen molar-refractivity contribution < 1.29 is 0 Å². The first-order valence-electron chi connectivity index (χ1n) is 11.6. The molecule has 0 aliphatic heterocycles. The number of aromatic amines is 1. The summed E-state index contributed by atoms with van der Waals surface area (Å²) in [5, 5.41) is 15.2. The summed E-state index contributed by atoms with van der Waals surface area (Å²) >= 11 is 6.53. The average Bonchev–Trinajstić information content (AvgIpc) is 3.48. The van der Waals surface area contributed by atoms with Gasteiger partial charge in [0.15, 0.2) is 0 Å². The summed E-state index contributed by atoms with van der Waals surface area (Å²) in [5.74, 6) is 2.29. The first kappa shape index (κ1) is 22.3. The van der Waals surface area contributed by atoms with Crippen LogP contribution in [0.4, 0.5) is 0 Å². The Morgan fingerprint density at radius 2 is 1.76 bits per heavy atom. The van der Waals surface area contributed by atoms with E-state index < -0.39 is 0 Å². The van der Waals surface area contributed by atoms with E-state index in [9.17, 15) is 0 Å². The lowest BCUT2D eigenvalue weighted by molar-refractivity contribution is 0.646. The van der Waals surface area contributed by atoms with Crippen molar-refractivity contribution in [2.75, 3.05) is 0 Å². The summed E-state index contributed by atoms with van der Waals surface area (Å²) in [5.41, 5.74) is 6.48. The van der Waals surface area contributed by atoms with Crippen LogP contribution in [0.5, 0.6) is 0 Å². The number of rotatable bonds is 7. The van der Waals surface area contributed by atoms with Gasteiger partial charge in [-0.1, -0.05) is 74.8 Å². The molecular formula is C27H27ClN6. The molecule has 0 fully saturated rings. The van der Waals surface area contributed by atoms with E-state index >= 15 is 0 Å². The molecule has 0 radical (unpaired) electrons. The quantitative estimate of drug-likeness (QED) is 0.304. The number of tetrazole rings is 1. The van der Waals surface area contributed by atoms with Crippen LogP contribution < -0.4 is 0 Å². The lowest BCUT2D eigenvalue weighted by Gasteiger charge is -2.17. The maximum Gasteiger partial charge on any atom is 0.204 e. The summed E-state index contributed by atoms with van der Waals surface area (Å²) in [6.07, 6.45) is 1.08. The molecule has 5 aromatic rings. The molecule has 0 saturated heterocycles. The highest BCUT2D eigenvalue weighted by Gasteiger charge is 2.20. The molecule has 172 valence electrons. The van der Waals surface area contributed by atoms with Crippen LogP contribution in [0.1, 0.15) is 49.2 Å². The number of fused-ring (bicyclic) bond motifs is 1. The van der Waals surface area contributed by atoms with Gasteiger partial charge in [-0.3, -0.25) is 0 Å². The molecule has 7 heteroatoms. The Balaban J connectivity index is 1.59. The van der Waals surface area contributed by atoms with E-state index in [1.54, 1.807) is 0 Å². The Bertz CT molecular complexity index is 1400. The van der Waals surface area contributed by atoms with Gasteiger partial charge in [-0.25, -0.2) is 4.98 Å². The third-order valence-electron chi connectivity index (χ3n) is 6.18. The number of benzene rings is 3. The first-order chi connectivity index (χ1) is 16.5. The van der Waals surface area contributed by atoms with Gasteiger partial charge in [-0.05, 0) is 58.5 Å². The summed E-state index contributed by atoms with van der Waals surface area (Å²) in [7, 11) is 0. The zero-order valence-electron chi connectivity index (χ0n) is 19.5. The minimum Gasteiger partial charge on any atom is -0.323 e. The molecule has 0 aliphatic carbocycles. The Kier molecular flexibility index (Phi) is 6.16.